The number of aromatic nitrogens is 1. The summed E-state index contributed by atoms with van der Waals surface area (Å²) in [5.41, 5.74) is 10.6. The Morgan fingerprint density at radius 1 is 0.892 bits per heavy atom. The number of nitrogens with zero attached hydrogens (tertiary/aromatic N) is 2. The van der Waals surface area contributed by atoms with Gasteiger partial charge >= 0.3 is 0 Å². The van der Waals surface area contributed by atoms with Gasteiger partial charge in [-0.15, -0.1) is 0 Å². The Morgan fingerprint density at radius 2 is 1.59 bits per heavy atom. The molecule has 0 N–H and O–H groups in total. The van der Waals surface area contributed by atoms with E-state index in [1.807, 2.05) is 30.3 Å². The quantitative estimate of drug-likeness (QED) is 0.185. The van der Waals surface area contributed by atoms with E-state index in [-0.39, 0.29) is 0 Å². The molecule has 0 saturated carbocycles. The van der Waals surface area contributed by atoms with Crippen LogP contribution in [0.2, 0.25) is 19.6 Å². The Bertz CT molecular complexity index is 1710. The lowest BCUT2D eigenvalue weighted by Crippen LogP contribution is -2.47. The van der Waals surface area contributed by atoms with Gasteiger partial charge in [0.1, 0.15) is 18.2 Å². The lowest BCUT2D eigenvalue weighted by Gasteiger charge is -2.24. The van der Waals surface area contributed by atoms with Crippen LogP contribution in [0.1, 0.15) is 42.1 Å². The van der Waals surface area contributed by atoms with Gasteiger partial charge in [0.05, 0.1) is 25.3 Å². The molecule has 0 bridgehead atoms. The molecule has 2 heterocycles. The Hall–Kier alpha value is -3.68. The van der Waals surface area contributed by atoms with E-state index in [2.05, 4.69) is 95.4 Å². The summed E-state index contributed by atoms with van der Waals surface area (Å²) in [5.74, 6) is 0.461. The molecule has 0 fully saturated rings. The van der Waals surface area contributed by atoms with Crippen molar-refractivity contribution < 1.29 is 8.98 Å². The van der Waals surface area contributed by atoms with Crippen LogP contribution in [0.4, 0.5) is 0 Å². The van der Waals surface area contributed by atoms with Gasteiger partial charge in [0.15, 0.2) is 5.69 Å². The number of benzene rings is 3. The Morgan fingerprint density at radius 3 is 2.22 bits per heavy atom. The van der Waals surface area contributed by atoms with Crippen LogP contribution in [0.5, 0.6) is 0 Å². The summed E-state index contributed by atoms with van der Waals surface area (Å²) in [6.07, 6.45) is 0. The molecule has 0 amide bonds. The Labute approximate surface area is 221 Å². The molecule has 186 valence electrons. The normalized spacial score (nSPS) is 12.0. The van der Waals surface area contributed by atoms with E-state index in [0.29, 0.717) is 11.5 Å². The van der Waals surface area contributed by atoms with E-state index < -0.39 is 8.07 Å². The highest BCUT2D eigenvalue weighted by molar-refractivity contribution is 6.89. The lowest BCUT2D eigenvalue weighted by molar-refractivity contribution is -0.667. The highest BCUT2D eigenvalue weighted by Crippen LogP contribution is 2.41. The molecule has 3 nitrogen and oxygen atoms in total. The second-order valence-corrected chi connectivity index (χ2v) is 16.6. The summed E-state index contributed by atoms with van der Waals surface area (Å²) in [6, 6.07) is 23.2. The molecule has 37 heavy (non-hydrogen) atoms. The molecular weight excluding hydrogens is 468 g/mol. The van der Waals surface area contributed by atoms with Crippen molar-refractivity contribution >= 4 is 35.2 Å². The maximum Gasteiger partial charge on any atom is 0.216 e. The van der Waals surface area contributed by atoms with Gasteiger partial charge in [0.25, 0.3) is 0 Å². The zero-order valence-corrected chi connectivity index (χ0v) is 24.2. The third-order valence-corrected chi connectivity index (χ3v) is 9.66. The molecular formula is C33H35N2OSi+. The number of hydrogen-bond acceptors (Lipinski definition) is 2. The zero-order chi connectivity index (χ0) is 26.6. The topological polar surface area (TPSA) is 40.8 Å². The average Bonchev–Trinajstić information content (AvgIpc) is 3.23. The molecule has 2 aromatic heterocycles. The van der Waals surface area contributed by atoms with Gasteiger partial charge in [-0.25, -0.2) is 0 Å². The number of pyridine rings is 1. The summed E-state index contributed by atoms with van der Waals surface area (Å²) >= 11 is 0. The maximum atomic E-state index is 9.82. The summed E-state index contributed by atoms with van der Waals surface area (Å²) < 4.78 is 9.13. The zero-order valence-electron chi connectivity index (χ0n) is 23.2. The first-order valence-electron chi connectivity index (χ1n) is 13.0. The molecule has 4 heteroatoms. The number of rotatable bonds is 4. The number of nitriles is 1. The fourth-order valence-electron chi connectivity index (χ4n) is 5.71. The number of aryl methyl sites for hydroxylation is 1. The van der Waals surface area contributed by atoms with Crippen LogP contribution in [0, 0.1) is 25.2 Å². The van der Waals surface area contributed by atoms with Gasteiger partial charge < -0.3 is 4.42 Å². The number of fused-ring (bicyclic) bond motifs is 3. The van der Waals surface area contributed by atoms with E-state index in [9.17, 15) is 5.26 Å². The van der Waals surface area contributed by atoms with Gasteiger partial charge in [-0.05, 0) is 41.3 Å². The molecule has 0 radical (unpaired) electrons. The number of hydrogen-bond donors (Lipinski definition) is 0. The van der Waals surface area contributed by atoms with Crippen LogP contribution >= 0.6 is 0 Å². The minimum atomic E-state index is -1.62. The van der Waals surface area contributed by atoms with Crippen LogP contribution in [0.25, 0.3) is 44.3 Å². The van der Waals surface area contributed by atoms with Crippen LogP contribution in [0.3, 0.4) is 0 Å². The van der Waals surface area contributed by atoms with Gasteiger partial charge in [-0.2, -0.15) is 9.83 Å². The van der Waals surface area contributed by atoms with E-state index in [4.69, 9.17) is 4.42 Å². The second-order valence-electron chi connectivity index (χ2n) is 11.5. The van der Waals surface area contributed by atoms with Crippen molar-refractivity contribution in [3.05, 3.63) is 83.0 Å². The summed E-state index contributed by atoms with van der Waals surface area (Å²) in [7, 11) is 0.554. The Kier molecular flexibility index (Phi) is 6.08. The molecule has 0 aliphatic rings. The molecule has 5 rings (SSSR count). The molecule has 0 spiro atoms. The smallest absolute Gasteiger partial charge is 0.216 e. The molecule has 0 aliphatic heterocycles. The van der Waals surface area contributed by atoms with E-state index >= 15 is 0 Å². The van der Waals surface area contributed by atoms with Crippen molar-refractivity contribution in [3.8, 4) is 28.5 Å². The molecule has 3 aromatic carbocycles. The monoisotopic (exact) mass is 503 g/mol. The van der Waals surface area contributed by atoms with Crippen LogP contribution in [-0.4, -0.2) is 8.07 Å². The third-order valence-electron chi connectivity index (χ3n) is 7.63. The predicted octanol–water partition coefficient (Wildman–Crippen LogP) is 7.90. The van der Waals surface area contributed by atoms with Gasteiger partial charge in [0, 0.05) is 34.9 Å². The molecule has 0 saturated heterocycles. The van der Waals surface area contributed by atoms with Gasteiger partial charge in [0.2, 0.25) is 5.69 Å². The van der Waals surface area contributed by atoms with Crippen LogP contribution < -0.4 is 9.75 Å². The standard InChI is InChI=1S/C33H35N2OSi/c1-20(2)30-22(4)35(5)28(18-29(30)37(6,7)8)31-21(3)14-15-25-27-17-23(19-34)16-26(32(27)36-33(25)31)24-12-10-9-11-13-24/h9-18,20H,1-8H3/q+1. The average molecular weight is 504 g/mol. The highest BCUT2D eigenvalue weighted by Gasteiger charge is 2.31. The Balaban J connectivity index is 1.91. The van der Waals surface area contributed by atoms with Crippen molar-refractivity contribution in [2.45, 2.75) is 53.3 Å². The fourth-order valence-corrected chi connectivity index (χ4v) is 7.56. The van der Waals surface area contributed by atoms with Crippen LogP contribution in [-0.2, 0) is 7.05 Å². The third kappa shape index (κ3) is 4.08. The fraction of sp³-hybridized carbons (Fsp3) is 0.273. The van der Waals surface area contributed by atoms with E-state index in [1.165, 1.54) is 27.7 Å². The predicted molar refractivity (Wildman–Crippen MR) is 157 cm³/mol. The molecule has 0 aliphatic carbocycles. The van der Waals surface area contributed by atoms with Gasteiger partial charge in [-0.1, -0.05) is 76.0 Å². The first kappa shape index (κ1) is 25.0. The summed E-state index contributed by atoms with van der Waals surface area (Å²) in [4.78, 5) is 0. The van der Waals surface area contributed by atoms with Crippen molar-refractivity contribution in [1.82, 2.24) is 0 Å². The van der Waals surface area contributed by atoms with Crippen LogP contribution in [0.15, 0.2) is 65.1 Å². The number of furan rings is 1. The van der Waals surface area contributed by atoms with Crippen molar-refractivity contribution in [2.24, 2.45) is 7.05 Å². The van der Waals surface area contributed by atoms with Crippen molar-refractivity contribution in [1.29, 1.82) is 5.26 Å². The summed E-state index contributed by atoms with van der Waals surface area (Å²) in [5, 5.41) is 13.4. The highest BCUT2D eigenvalue weighted by atomic mass is 28.3. The first-order chi connectivity index (χ1) is 17.5. The minimum Gasteiger partial charge on any atom is -0.454 e. The lowest BCUT2D eigenvalue weighted by atomic mass is 9.95. The van der Waals surface area contributed by atoms with E-state index in [0.717, 1.165) is 38.6 Å². The van der Waals surface area contributed by atoms with Crippen molar-refractivity contribution in [2.75, 3.05) is 0 Å². The maximum absolute atomic E-state index is 9.82. The largest absolute Gasteiger partial charge is 0.454 e. The molecule has 0 unspecified atom stereocenters. The first-order valence-corrected chi connectivity index (χ1v) is 16.5. The molecule has 5 aromatic rings. The SMILES string of the molecule is Cc1ccc2c(oc3c(-c4ccccc4)cc(C#N)cc32)c1-c1cc([Si](C)(C)C)c(C(C)C)c(C)[n+]1C. The minimum absolute atomic E-state index is 0.461. The summed E-state index contributed by atoms with van der Waals surface area (Å²) in [6.45, 7) is 16.3. The molecule has 0 atom stereocenters. The second kappa shape index (κ2) is 9.01. The van der Waals surface area contributed by atoms with Gasteiger partial charge in [-0.3, -0.25) is 0 Å². The van der Waals surface area contributed by atoms with E-state index in [1.54, 1.807) is 0 Å². The van der Waals surface area contributed by atoms with Crippen molar-refractivity contribution in [3.63, 3.8) is 0 Å².